The maximum Gasteiger partial charge on any atom is 0.168 e. The third-order valence-electron chi connectivity index (χ3n) is 4.56. The maximum atomic E-state index is 12.5. The molecule has 3 rings (SSSR count). The van der Waals surface area contributed by atoms with Crippen molar-refractivity contribution in [2.24, 2.45) is 11.8 Å². The Hall–Kier alpha value is -1.02. The zero-order valence-corrected chi connectivity index (χ0v) is 11.3. The molecule has 1 saturated carbocycles. The Labute approximate surface area is 112 Å². The molecule has 1 N–H and O–H groups in total. The summed E-state index contributed by atoms with van der Waals surface area (Å²) in [6.07, 6.45) is 5.55. The van der Waals surface area contributed by atoms with Crippen molar-refractivity contribution >= 4 is 17.4 Å². The normalized spacial score (nSPS) is 23.7. The van der Waals surface area contributed by atoms with Crippen LogP contribution in [0.3, 0.4) is 0 Å². The van der Waals surface area contributed by atoms with Gasteiger partial charge < -0.3 is 5.11 Å². The second-order valence-electron chi connectivity index (χ2n) is 5.59. The van der Waals surface area contributed by atoms with Crippen LogP contribution in [0.15, 0.2) is 6.07 Å². The Morgan fingerprint density at radius 3 is 2.67 bits per heavy atom. The molecule has 0 saturated heterocycles. The minimum absolute atomic E-state index is 0.0983. The number of aromatic hydroxyl groups is 1. The van der Waals surface area contributed by atoms with Gasteiger partial charge in [0, 0.05) is 17.0 Å². The highest BCUT2D eigenvalue weighted by molar-refractivity contribution is 6.35. The first kappa shape index (κ1) is 12.0. The molecule has 0 aliphatic heterocycles. The second kappa shape index (κ2) is 4.27. The summed E-state index contributed by atoms with van der Waals surface area (Å²) in [5.74, 6) is 1.02. The van der Waals surface area contributed by atoms with Gasteiger partial charge in [0.1, 0.15) is 5.75 Å². The summed E-state index contributed by atoms with van der Waals surface area (Å²) in [4.78, 5) is 12.5. The van der Waals surface area contributed by atoms with Gasteiger partial charge in [-0.05, 0) is 43.7 Å². The number of rotatable bonds is 1. The molecular formula is C15H17ClO2. The van der Waals surface area contributed by atoms with Crippen molar-refractivity contribution in [1.82, 2.24) is 0 Å². The molecule has 1 fully saturated rings. The standard InChI is InChI=1S/C15H17ClO2/c1-8-12(17)7-10-6-11(9-4-2-3-5-9)15(18)13(10)14(8)16/h7,9,11,17H,2-6H2,1H3. The number of benzene rings is 1. The third-order valence-corrected chi connectivity index (χ3v) is 5.03. The molecule has 1 aromatic rings. The van der Waals surface area contributed by atoms with Crippen molar-refractivity contribution < 1.29 is 9.90 Å². The monoisotopic (exact) mass is 264 g/mol. The molecule has 0 amide bonds. The summed E-state index contributed by atoms with van der Waals surface area (Å²) in [6, 6.07) is 1.73. The van der Waals surface area contributed by atoms with E-state index in [1.807, 2.05) is 0 Å². The van der Waals surface area contributed by atoms with E-state index >= 15 is 0 Å². The van der Waals surface area contributed by atoms with Crippen LogP contribution in [-0.4, -0.2) is 10.9 Å². The molecule has 18 heavy (non-hydrogen) atoms. The first-order chi connectivity index (χ1) is 8.59. The van der Waals surface area contributed by atoms with Gasteiger partial charge in [-0.1, -0.05) is 24.4 Å². The van der Waals surface area contributed by atoms with Gasteiger partial charge in [-0.2, -0.15) is 0 Å². The molecule has 0 heterocycles. The fourth-order valence-electron chi connectivity index (χ4n) is 3.47. The van der Waals surface area contributed by atoms with Crippen molar-refractivity contribution in [3.8, 4) is 5.75 Å². The predicted octanol–water partition coefficient (Wildman–Crippen LogP) is 3.90. The van der Waals surface area contributed by atoms with Gasteiger partial charge in [0.15, 0.2) is 5.78 Å². The van der Waals surface area contributed by atoms with Gasteiger partial charge in [0.2, 0.25) is 0 Å². The summed E-state index contributed by atoms with van der Waals surface area (Å²) in [5, 5.41) is 10.3. The number of halogens is 1. The molecule has 2 aliphatic rings. The van der Waals surface area contributed by atoms with E-state index in [4.69, 9.17) is 11.6 Å². The number of fused-ring (bicyclic) bond motifs is 1. The Balaban J connectivity index is 2.01. The number of phenolic OH excluding ortho intramolecular Hbond substituents is 1. The number of carbonyl (C=O) groups is 1. The molecule has 3 heteroatoms. The predicted molar refractivity (Wildman–Crippen MR) is 71.3 cm³/mol. The molecule has 0 bridgehead atoms. The van der Waals surface area contributed by atoms with Crippen molar-refractivity contribution in [2.45, 2.75) is 39.0 Å². The Kier molecular flexibility index (Phi) is 2.86. The smallest absolute Gasteiger partial charge is 0.168 e. The van der Waals surface area contributed by atoms with Crippen LogP contribution in [0.25, 0.3) is 0 Å². The topological polar surface area (TPSA) is 37.3 Å². The SMILES string of the molecule is Cc1c(O)cc2c(c1Cl)C(=O)C(C1CCCC1)C2. The van der Waals surface area contributed by atoms with E-state index in [1.165, 1.54) is 12.8 Å². The number of phenols is 1. The van der Waals surface area contributed by atoms with Gasteiger partial charge in [0.25, 0.3) is 0 Å². The second-order valence-corrected chi connectivity index (χ2v) is 5.97. The van der Waals surface area contributed by atoms with Crippen LogP contribution in [0.4, 0.5) is 0 Å². The van der Waals surface area contributed by atoms with Gasteiger partial charge in [-0.15, -0.1) is 0 Å². The van der Waals surface area contributed by atoms with Gasteiger partial charge in [-0.25, -0.2) is 0 Å². The molecule has 1 atom stereocenters. The molecule has 2 aliphatic carbocycles. The molecule has 2 nitrogen and oxygen atoms in total. The van der Waals surface area contributed by atoms with E-state index in [9.17, 15) is 9.90 Å². The minimum Gasteiger partial charge on any atom is -0.508 e. The molecule has 0 aromatic heterocycles. The van der Waals surface area contributed by atoms with Crippen molar-refractivity contribution in [3.05, 3.63) is 27.8 Å². The lowest BCUT2D eigenvalue weighted by molar-refractivity contribution is 0.0894. The van der Waals surface area contributed by atoms with E-state index in [0.717, 1.165) is 24.8 Å². The van der Waals surface area contributed by atoms with Gasteiger partial charge in [0.05, 0.1) is 5.02 Å². The quantitative estimate of drug-likeness (QED) is 0.835. The van der Waals surface area contributed by atoms with Crippen LogP contribution in [-0.2, 0) is 6.42 Å². The molecule has 0 spiro atoms. The van der Waals surface area contributed by atoms with E-state index in [-0.39, 0.29) is 17.5 Å². The summed E-state index contributed by atoms with van der Waals surface area (Å²) >= 11 is 6.23. The lowest BCUT2D eigenvalue weighted by Crippen LogP contribution is -2.18. The first-order valence-corrected chi connectivity index (χ1v) is 7.02. The number of ketones is 1. The van der Waals surface area contributed by atoms with Gasteiger partial charge >= 0.3 is 0 Å². The molecule has 0 radical (unpaired) electrons. The molecule has 96 valence electrons. The van der Waals surface area contributed by atoms with Crippen LogP contribution < -0.4 is 0 Å². The highest BCUT2D eigenvalue weighted by Gasteiger charge is 2.39. The molecule has 1 aromatic carbocycles. The number of hydrogen-bond acceptors (Lipinski definition) is 2. The lowest BCUT2D eigenvalue weighted by Gasteiger charge is -2.15. The summed E-state index contributed by atoms with van der Waals surface area (Å²) in [7, 11) is 0. The fourth-order valence-corrected chi connectivity index (χ4v) is 3.78. The zero-order chi connectivity index (χ0) is 12.9. The number of carbonyl (C=O) groups excluding carboxylic acids is 1. The summed E-state index contributed by atoms with van der Waals surface area (Å²) in [6.45, 7) is 1.76. The van der Waals surface area contributed by atoms with Crippen LogP contribution >= 0.6 is 11.6 Å². The van der Waals surface area contributed by atoms with Crippen LogP contribution in [0.2, 0.25) is 5.02 Å². The fraction of sp³-hybridized carbons (Fsp3) is 0.533. The lowest BCUT2D eigenvalue weighted by atomic mass is 9.88. The number of hydrogen-bond donors (Lipinski definition) is 1. The van der Waals surface area contributed by atoms with E-state index in [0.29, 0.717) is 22.1 Å². The molecular weight excluding hydrogens is 248 g/mol. The average Bonchev–Trinajstić information content (AvgIpc) is 2.94. The summed E-state index contributed by atoms with van der Waals surface area (Å²) < 4.78 is 0. The molecule has 1 unspecified atom stereocenters. The van der Waals surface area contributed by atoms with Crippen molar-refractivity contribution in [3.63, 3.8) is 0 Å². The van der Waals surface area contributed by atoms with Crippen LogP contribution in [0.5, 0.6) is 5.75 Å². The highest BCUT2D eigenvalue weighted by Crippen LogP contribution is 2.44. The van der Waals surface area contributed by atoms with Crippen LogP contribution in [0, 0.1) is 18.8 Å². The third kappa shape index (κ3) is 1.66. The Morgan fingerprint density at radius 2 is 2.00 bits per heavy atom. The Bertz CT molecular complexity index is 516. The maximum absolute atomic E-state index is 12.5. The Morgan fingerprint density at radius 1 is 1.33 bits per heavy atom. The van der Waals surface area contributed by atoms with Crippen molar-refractivity contribution in [1.29, 1.82) is 0 Å². The average molecular weight is 265 g/mol. The first-order valence-electron chi connectivity index (χ1n) is 6.64. The van der Waals surface area contributed by atoms with E-state index < -0.39 is 0 Å². The minimum atomic E-state index is 0.0983. The summed E-state index contributed by atoms with van der Waals surface area (Å²) in [5.41, 5.74) is 2.23. The zero-order valence-electron chi connectivity index (χ0n) is 10.5. The van der Waals surface area contributed by atoms with Gasteiger partial charge in [-0.3, -0.25) is 4.79 Å². The van der Waals surface area contributed by atoms with E-state index in [1.54, 1.807) is 13.0 Å². The number of Topliss-reactive ketones (excluding diaryl/α,β-unsaturated/α-hetero) is 1. The largest absolute Gasteiger partial charge is 0.508 e. The highest BCUT2D eigenvalue weighted by atomic mass is 35.5. The van der Waals surface area contributed by atoms with Crippen LogP contribution in [0.1, 0.15) is 47.2 Å². The van der Waals surface area contributed by atoms with Crippen molar-refractivity contribution in [2.75, 3.05) is 0 Å². The van der Waals surface area contributed by atoms with E-state index in [2.05, 4.69) is 0 Å².